The number of aryl methyl sites for hydroxylation is 2. The molecule has 4 heterocycles. The van der Waals surface area contributed by atoms with Crippen LogP contribution in [0.4, 0.5) is 5.82 Å². The molecule has 0 unspecified atom stereocenters. The number of fused-ring (bicyclic) bond motifs is 2. The second-order valence-electron chi connectivity index (χ2n) is 5.83. The van der Waals surface area contributed by atoms with E-state index in [0.717, 1.165) is 47.3 Å². The summed E-state index contributed by atoms with van der Waals surface area (Å²) < 4.78 is 3.32. The molecular weight excluding hydrogens is 294 g/mol. The van der Waals surface area contributed by atoms with E-state index in [1.54, 1.807) is 16.1 Å². The van der Waals surface area contributed by atoms with Crippen LogP contribution in [0, 0.1) is 13.8 Å². The minimum Gasteiger partial charge on any atom is -0.350 e. The smallest absolute Gasteiger partial charge is 0.258 e. The highest BCUT2D eigenvalue weighted by atomic mass is 16.1. The van der Waals surface area contributed by atoms with E-state index in [0.29, 0.717) is 6.54 Å². The minimum absolute atomic E-state index is 0.0266. The van der Waals surface area contributed by atoms with E-state index in [4.69, 9.17) is 0 Å². The van der Waals surface area contributed by atoms with Crippen LogP contribution >= 0.6 is 0 Å². The third kappa shape index (κ3) is 2.09. The standard InChI is InChI=1S/C15H17N7O/c1-9-16-12-6-7-21(8-11(12)15(23)20(9)3)14-5-4-13-18-17-10(2)22(13)19-14/h4-5H,6-8H2,1-3H3. The molecule has 8 heteroatoms. The van der Waals surface area contributed by atoms with Gasteiger partial charge < -0.3 is 4.90 Å². The fourth-order valence-corrected chi connectivity index (χ4v) is 2.94. The average Bonchev–Trinajstić information content (AvgIpc) is 2.93. The van der Waals surface area contributed by atoms with Crippen LogP contribution in [0.1, 0.15) is 22.9 Å². The lowest BCUT2D eigenvalue weighted by molar-refractivity contribution is 0.644. The number of hydrogen-bond acceptors (Lipinski definition) is 6. The molecule has 3 aromatic heterocycles. The molecule has 0 atom stereocenters. The van der Waals surface area contributed by atoms with Gasteiger partial charge in [0.05, 0.1) is 17.8 Å². The summed E-state index contributed by atoms with van der Waals surface area (Å²) in [4.78, 5) is 19.1. The molecule has 0 saturated heterocycles. The molecule has 0 bridgehead atoms. The van der Waals surface area contributed by atoms with Crippen molar-refractivity contribution < 1.29 is 0 Å². The lowest BCUT2D eigenvalue weighted by Crippen LogP contribution is -2.38. The summed E-state index contributed by atoms with van der Waals surface area (Å²) in [5.74, 6) is 2.31. The highest BCUT2D eigenvalue weighted by Crippen LogP contribution is 2.20. The molecule has 1 aliphatic heterocycles. The van der Waals surface area contributed by atoms with Crippen LogP contribution in [-0.4, -0.2) is 35.9 Å². The van der Waals surface area contributed by atoms with E-state index in [9.17, 15) is 4.79 Å². The summed E-state index contributed by atoms with van der Waals surface area (Å²) in [5.41, 5.74) is 2.41. The molecule has 0 saturated carbocycles. The van der Waals surface area contributed by atoms with Gasteiger partial charge in [-0.15, -0.1) is 15.3 Å². The largest absolute Gasteiger partial charge is 0.350 e. The summed E-state index contributed by atoms with van der Waals surface area (Å²) >= 11 is 0. The molecule has 8 nitrogen and oxygen atoms in total. The van der Waals surface area contributed by atoms with Crippen LogP contribution in [-0.2, 0) is 20.0 Å². The Morgan fingerprint density at radius 3 is 2.78 bits per heavy atom. The lowest BCUT2D eigenvalue weighted by Gasteiger charge is -2.29. The first-order chi connectivity index (χ1) is 11.0. The molecule has 0 amide bonds. The van der Waals surface area contributed by atoms with Crippen LogP contribution in [0.15, 0.2) is 16.9 Å². The van der Waals surface area contributed by atoms with Gasteiger partial charge in [-0.2, -0.15) is 4.52 Å². The molecule has 0 N–H and O–H groups in total. The maximum atomic E-state index is 12.5. The molecule has 1 aliphatic rings. The predicted molar refractivity (Wildman–Crippen MR) is 84.5 cm³/mol. The van der Waals surface area contributed by atoms with Gasteiger partial charge in [-0.1, -0.05) is 0 Å². The fourth-order valence-electron chi connectivity index (χ4n) is 2.94. The highest BCUT2D eigenvalue weighted by molar-refractivity contribution is 5.47. The molecular formula is C15H17N7O. The van der Waals surface area contributed by atoms with Gasteiger partial charge in [-0.3, -0.25) is 9.36 Å². The zero-order valence-corrected chi connectivity index (χ0v) is 13.3. The molecule has 3 aromatic rings. The molecule has 0 spiro atoms. The third-order valence-electron chi connectivity index (χ3n) is 4.39. The van der Waals surface area contributed by atoms with Crippen molar-refractivity contribution in [3.05, 3.63) is 45.4 Å². The van der Waals surface area contributed by atoms with Gasteiger partial charge in [-0.05, 0) is 26.0 Å². The van der Waals surface area contributed by atoms with Crippen molar-refractivity contribution in [2.45, 2.75) is 26.8 Å². The second kappa shape index (κ2) is 4.87. The van der Waals surface area contributed by atoms with Crippen LogP contribution in [0.3, 0.4) is 0 Å². The van der Waals surface area contributed by atoms with Gasteiger partial charge in [0.1, 0.15) is 11.6 Å². The van der Waals surface area contributed by atoms with Gasteiger partial charge >= 0.3 is 0 Å². The maximum absolute atomic E-state index is 12.5. The molecule has 118 valence electrons. The third-order valence-corrected chi connectivity index (χ3v) is 4.39. The number of aromatic nitrogens is 6. The van der Waals surface area contributed by atoms with E-state index in [-0.39, 0.29) is 5.56 Å². The van der Waals surface area contributed by atoms with Crippen LogP contribution in [0.5, 0.6) is 0 Å². The van der Waals surface area contributed by atoms with Gasteiger partial charge in [0, 0.05) is 20.0 Å². The van der Waals surface area contributed by atoms with Gasteiger partial charge in [0.15, 0.2) is 11.5 Å². The Balaban J connectivity index is 1.75. The van der Waals surface area contributed by atoms with E-state index in [1.165, 1.54) is 0 Å². The fraction of sp³-hybridized carbons (Fsp3) is 0.400. The van der Waals surface area contributed by atoms with Crippen molar-refractivity contribution in [2.75, 3.05) is 11.4 Å². The molecule has 0 aliphatic carbocycles. The lowest BCUT2D eigenvalue weighted by atomic mass is 10.1. The Bertz CT molecular complexity index is 972. The summed E-state index contributed by atoms with van der Waals surface area (Å²) in [6.07, 6.45) is 0.743. The monoisotopic (exact) mass is 311 g/mol. The highest BCUT2D eigenvalue weighted by Gasteiger charge is 2.23. The summed E-state index contributed by atoms with van der Waals surface area (Å²) in [5, 5.41) is 12.7. The van der Waals surface area contributed by atoms with Crippen molar-refractivity contribution in [2.24, 2.45) is 7.05 Å². The SMILES string of the molecule is Cc1nc2c(c(=O)n1C)CN(c1ccc3nnc(C)n3n1)CC2. The quantitative estimate of drug-likeness (QED) is 0.647. The predicted octanol–water partition coefficient (Wildman–Crippen LogP) is 0.398. The van der Waals surface area contributed by atoms with Crippen LogP contribution in [0.25, 0.3) is 5.65 Å². The summed E-state index contributed by atoms with van der Waals surface area (Å²) in [6.45, 7) is 5.03. The Kier molecular flexibility index (Phi) is 2.93. The topological polar surface area (TPSA) is 81.2 Å². The Hall–Kier alpha value is -2.77. The summed E-state index contributed by atoms with van der Waals surface area (Å²) in [6, 6.07) is 3.81. The van der Waals surface area contributed by atoms with E-state index >= 15 is 0 Å². The van der Waals surface area contributed by atoms with Crippen molar-refractivity contribution in [3.8, 4) is 0 Å². The number of nitrogens with zero attached hydrogens (tertiary/aromatic N) is 7. The zero-order valence-electron chi connectivity index (χ0n) is 13.3. The Morgan fingerprint density at radius 1 is 1.13 bits per heavy atom. The number of anilines is 1. The van der Waals surface area contributed by atoms with Gasteiger partial charge in [0.25, 0.3) is 5.56 Å². The first-order valence-corrected chi connectivity index (χ1v) is 7.54. The molecule has 0 fully saturated rings. The Labute approximate surface area is 132 Å². The van der Waals surface area contributed by atoms with Crippen LogP contribution < -0.4 is 10.5 Å². The Morgan fingerprint density at radius 2 is 1.96 bits per heavy atom. The van der Waals surface area contributed by atoms with E-state index in [2.05, 4.69) is 25.2 Å². The van der Waals surface area contributed by atoms with Crippen molar-refractivity contribution in [1.82, 2.24) is 29.4 Å². The number of hydrogen-bond donors (Lipinski definition) is 0. The van der Waals surface area contributed by atoms with E-state index < -0.39 is 0 Å². The first kappa shape index (κ1) is 13.9. The zero-order chi connectivity index (χ0) is 16.1. The normalized spacial score (nSPS) is 14.3. The first-order valence-electron chi connectivity index (χ1n) is 7.54. The van der Waals surface area contributed by atoms with Crippen LogP contribution in [0.2, 0.25) is 0 Å². The summed E-state index contributed by atoms with van der Waals surface area (Å²) in [7, 11) is 1.76. The molecule has 0 aromatic carbocycles. The van der Waals surface area contributed by atoms with Crippen molar-refractivity contribution in [1.29, 1.82) is 0 Å². The molecule has 4 rings (SSSR count). The van der Waals surface area contributed by atoms with Crippen molar-refractivity contribution in [3.63, 3.8) is 0 Å². The average molecular weight is 311 g/mol. The van der Waals surface area contributed by atoms with E-state index in [1.807, 2.05) is 26.0 Å². The van der Waals surface area contributed by atoms with Gasteiger partial charge in [0.2, 0.25) is 0 Å². The van der Waals surface area contributed by atoms with Crippen molar-refractivity contribution >= 4 is 11.5 Å². The van der Waals surface area contributed by atoms with Gasteiger partial charge in [-0.25, -0.2) is 4.98 Å². The maximum Gasteiger partial charge on any atom is 0.258 e. The molecule has 0 radical (unpaired) electrons. The molecule has 23 heavy (non-hydrogen) atoms. The number of rotatable bonds is 1. The second-order valence-corrected chi connectivity index (χ2v) is 5.83. The minimum atomic E-state index is 0.0266.